The van der Waals surface area contributed by atoms with Gasteiger partial charge in [0.1, 0.15) is 0 Å². The van der Waals surface area contributed by atoms with Gasteiger partial charge in [0.2, 0.25) is 5.95 Å². The van der Waals surface area contributed by atoms with E-state index >= 15 is 0 Å². The normalized spacial score (nSPS) is 17.1. The van der Waals surface area contributed by atoms with Crippen molar-refractivity contribution in [2.75, 3.05) is 25.5 Å². The second kappa shape index (κ2) is 8.13. The van der Waals surface area contributed by atoms with Crippen molar-refractivity contribution in [3.63, 3.8) is 0 Å². The van der Waals surface area contributed by atoms with Gasteiger partial charge in [-0.2, -0.15) is 5.10 Å². The van der Waals surface area contributed by atoms with Crippen molar-refractivity contribution in [2.24, 2.45) is 7.05 Å². The zero-order chi connectivity index (χ0) is 20.5. The van der Waals surface area contributed by atoms with Gasteiger partial charge in [-0.3, -0.25) is 9.58 Å². The van der Waals surface area contributed by atoms with E-state index in [4.69, 9.17) is 16.6 Å². The average Bonchev–Trinajstić information content (AvgIpc) is 3.27. The van der Waals surface area contributed by atoms with Gasteiger partial charge in [0.15, 0.2) is 0 Å². The van der Waals surface area contributed by atoms with Gasteiger partial charge in [-0.1, -0.05) is 23.7 Å². The summed E-state index contributed by atoms with van der Waals surface area (Å²) in [7, 11) is 5.93. The molecular formula is C22H27ClN6. The first-order valence-electron chi connectivity index (χ1n) is 9.95. The Morgan fingerprint density at radius 1 is 1.28 bits per heavy atom. The first kappa shape index (κ1) is 19.9. The zero-order valence-electron chi connectivity index (χ0n) is 17.4. The minimum atomic E-state index is 0.241. The molecule has 1 aliphatic rings. The third-order valence-electron chi connectivity index (χ3n) is 5.51. The molecule has 0 N–H and O–H groups in total. The number of aromatic nitrogens is 4. The summed E-state index contributed by atoms with van der Waals surface area (Å²) in [6, 6.07) is 8.18. The molecule has 0 amide bonds. The van der Waals surface area contributed by atoms with E-state index in [0.29, 0.717) is 0 Å². The smallest absolute Gasteiger partial charge is 0.225 e. The van der Waals surface area contributed by atoms with Gasteiger partial charge in [0.25, 0.3) is 0 Å². The van der Waals surface area contributed by atoms with Crippen LogP contribution in [0.3, 0.4) is 0 Å². The van der Waals surface area contributed by atoms with Crippen LogP contribution in [0.25, 0.3) is 11.1 Å². The van der Waals surface area contributed by atoms with Gasteiger partial charge >= 0.3 is 0 Å². The second-order valence-electron chi connectivity index (χ2n) is 7.92. The fourth-order valence-electron chi connectivity index (χ4n) is 4.08. The van der Waals surface area contributed by atoms with Crippen molar-refractivity contribution in [2.45, 2.75) is 32.4 Å². The third kappa shape index (κ3) is 4.14. The van der Waals surface area contributed by atoms with Gasteiger partial charge in [0.05, 0.1) is 17.4 Å². The van der Waals surface area contributed by atoms with Crippen LogP contribution in [0.15, 0.2) is 36.7 Å². The first-order valence-corrected chi connectivity index (χ1v) is 10.3. The molecule has 1 saturated heterocycles. The Hall–Kier alpha value is -2.44. The molecule has 3 aromatic rings. The standard InChI is InChI=1S/C22H27ClN6/c1-15-17(13-28(4)26-15)14-29-10-6-9-20(29)21-19(12-24-22(25-21)27(2)3)16-7-5-8-18(23)11-16/h5,7-8,11-13,20H,6,9-10,14H2,1-4H3. The molecular weight excluding hydrogens is 384 g/mol. The van der Waals surface area contributed by atoms with Crippen LogP contribution in [0.4, 0.5) is 5.95 Å². The van der Waals surface area contributed by atoms with Gasteiger partial charge in [-0.15, -0.1) is 0 Å². The minimum absolute atomic E-state index is 0.241. The number of benzene rings is 1. The largest absolute Gasteiger partial charge is 0.347 e. The topological polar surface area (TPSA) is 50.1 Å². The molecule has 7 heteroatoms. The Balaban J connectivity index is 1.74. The summed E-state index contributed by atoms with van der Waals surface area (Å²) < 4.78 is 1.89. The van der Waals surface area contributed by atoms with Crippen LogP contribution < -0.4 is 4.90 Å². The monoisotopic (exact) mass is 410 g/mol. The van der Waals surface area contributed by atoms with E-state index in [9.17, 15) is 0 Å². The average molecular weight is 411 g/mol. The highest BCUT2D eigenvalue weighted by atomic mass is 35.5. The number of rotatable bonds is 5. The lowest BCUT2D eigenvalue weighted by molar-refractivity contribution is 0.244. The van der Waals surface area contributed by atoms with E-state index in [1.165, 1.54) is 5.56 Å². The number of likely N-dealkylation sites (tertiary alicyclic amines) is 1. The van der Waals surface area contributed by atoms with Crippen molar-refractivity contribution in [3.05, 3.63) is 58.6 Å². The molecule has 2 aromatic heterocycles. The van der Waals surface area contributed by atoms with Crippen LogP contribution in [-0.4, -0.2) is 45.3 Å². The number of aryl methyl sites for hydroxylation is 2. The van der Waals surface area contributed by atoms with Crippen LogP contribution in [0.5, 0.6) is 0 Å². The molecule has 29 heavy (non-hydrogen) atoms. The summed E-state index contributed by atoms with van der Waals surface area (Å²) in [6.45, 7) is 4.00. The molecule has 0 bridgehead atoms. The summed E-state index contributed by atoms with van der Waals surface area (Å²) in [5.41, 5.74) is 5.54. The predicted octanol–water partition coefficient (Wildman–Crippen LogP) is 4.24. The summed E-state index contributed by atoms with van der Waals surface area (Å²) >= 11 is 6.28. The highest BCUT2D eigenvalue weighted by Gasteiger charge is 2.30. The molecule has 6 nitrogen and oxygen atoms in total. The Morgan fingerprint density at radius 2 is 2.10 bits per heavy atom. The molecule has 1 atom stereocenters. The maximum Gasteiger partial charge on any atom is 0.225 e. The van der Waals surface area contributed by atoms with Crippen LogP contribution in [0.2, 0.25) is 5.02 Å². The lowest BCUT2D eigenvalue weighted by Crippen LogP contribution is -2.25. The Bertz CT molecular complexity index is 1010. The summed E-state index contributed by atoms with van der Waals surface area (Å²) in [5, 5.41) is 5.23. The van der Waals surface area contributed by atoms with Crippen LogP contribution >= 0.6 is 11.6 Å². The fourth-order valence-corrected chi connectivity index (χ4v) is 4.27. The number of hydrogen-bond donors (Lipinski definition) is 0. The second-order valence-corrected chi connectivity index (χ2v) is 8.35. The summed E-state index contributed by atoms with van der Waals surface area (Å²) in [4.78, 5) is 14.0. The van der Waals surface area contributed by atoms with Gasteiger partial charge < -0.3 is 4.90 Å². The maximum atomic E-state index is 6.28. The third-order valence-corrected chi connectivity index (χ3v) is 5.74. The molecule has 4 rings (SSSR count). The number of halogens is 1. The van der Waals surface area contributed by atoms with Crippen molar-refractivity contribution in [1.82, 2.24) is 24.6 Å². The van der Waals surface area contributed by atoms with E-state index in [-0.39, 0.29) is 6.04 Å². The highest BCUT2D eigenvalue weighted by molar-refractivity contribution is 6.30. The van der Waals surface area contributed by atoms with Crippen molar-refractivity contribution >= 4 is 17.5 Å². The lowest BCUT2D eigenvalue weighted by Gasteiger charge is -2.26. The Morgan fingerprint density at radius 3 is 2.79 bits per heavy atom. The van der Waals surface area contributed by atoms with E-state index < -0.39 is 0 Å². The summed E-state index contributed by atoms with van der Waals surface area (Å²) in [5.74, 6) is 0.732. The minimum Gasteiger partial charge on any atom is -0.347 e. The molecule has 3 heterocycles. The van der Waals surface area contributed by atoms with Crippen molar-refractivity contribution < 1.29 is 0 Å². The fraction of sp³-hybridized carbons (Fsp3) is 0.409. The van der Waals surface area contributed by atoms with Crippen molar-refractivity contribution in [1.29, 1.82) is 0 Å². The number of hydrogen-bond acceptors (Lipinski definition) is 5. The van der Waals surface area contributed by atoms with E-state index in [1.807, 2.05) is 55.1 Å². The quantitative estimate of drug-likeness (QED) is 0.629. The van der Waals surface area contributed by atoms with Crippen molar-refractivity contribution in [3.8, 4) is 11.1 Å². The lowest BCUT2D eigenvalue weighted by atomic mass is 9.99. The van der Waals surface area contributed by atoms with E-state index in [0.717, 1.165) is 59.4 Å². The Kier molecular flexibility index (Phi) is 5.56. The summed E-state index contributed by atoms with van der Waals surface area (Å²) in [6.07, 6.45) is 6.29. The molecule has 0 saturated carbocycles. The SMILES string of the molecule is Cc1nn(C)cc1CN1CCCC1c1nc(N(C)C)ncc1-c1cccc(Cl)c1. The van der Waals surface area contributed by atoms with E-state index in [1.54, 1.807) is 0 Å². The maximum absolute atomic E-state index is 6.28. The van der Waals surface area contributed by atoms with Crippen LogP contribution in [0, 0.1) is 6.92 Å². The molecule has 1 aliphatic heterocycles. The molecule has 152 valence electrons. The van der Waals surface area contributed by atoms with Gasteiger partial charge in [0, 0.05) is 56.2 Å². The van der Waals surface area contributed by atoms with Crippen LogP contribution in [0.1, 0.15) is 35.8 Å². The molecule has 1 aromatic carbocycles. The van der Waals surface area contributed by atoms with E-state index in [2.05, 4.69) is 34.2 Å². The Labute approximate surface area is 177 Å². The molecule has 1 fully saturated rings. The zero-order valence-corrected chi connectivity index (χ0v) is 18.2. The molecule has 0 radical (unpaired) electrons. The first-order chi connectivity index (χ1) is 13.9. The molecule has 0 aliphatic carbocycles. The number of anilines is 1. The molecule has 0 spiro atoms. The van der Waals surface area contributed by atoms with Gasteiger partial charge in [-0.25, -0.2) is 9.97 Å². The highest BCUT2D eigenvalue weighted by Crippen LogP contribution is 2.38. The van der Waals surface area contributed by atoms with Crippen LogP contribution in [-0.2, 0) is 13.6 Å². The predicted molar refractivity (Wildman–Crippen MR) is 117 cm³/mol. The molecule has 1 unspecified atom stereocenters. The number of nitrogens with zero attached hydrogens (tertiary/aromatic N) is 6. The van der Waals surface area contributed by atoms with Gasteiger partial charge in [-0.05, 0) is 44.0 Å².